The van der Waals surface area contributed by atoms with Crippen molar-refractivity contribution in [2.45, 2.75) is 6.42 Å². The van der Waals surface area contributed by atoms with E-state index in [2.05, 4.69) is 27.3 Å². The molecule has 0 saturated carbocycles. The first kappa shape index (κ1) is 9.00. The highest BCUT2D eigenvalue weighted by molar-refractivity contribution is 9.10. The maximum atomic E-state index is 5.93. The summed E-state index contributed by atoms with van der Waals surface area (Å²) in [7, 11) is 0. The lowest BCUT2D eigenvalue weighted by atomic mass is 9.99. The van der Waals surface area contributed by atoms with E-state index in [1.807, 2.05) is 0 Å². The van der Waals surface area contributed by atoms with Crippen molar-refractivity contribution in [2.24, 2.45) is 5.92 Å². The van der Waals surface area contributed by atoms with Gasteiger partial charge in [0.25, 0.3) is 0 Å². The first-order valence-corrected chi connectivity index (χ1v) is 5.89. The third kappa shape index (κ3) is 1.84. The Bertz CT molecular complexity index is 263. The van der Waals surface area contributed by atoms with Crippen molar-refractivity contribution in [2.75, 3.05) is 13.1 Å². The number of thiophene rings is 1. The molecule has 1 nitrogen and oxygen atoms in total. The first-order chi connectivity index (χ1) is 5.75. The maximum Gasteiger partial charge on any atom is 0.107 e. The molecule has 66 valence electrons. The van der Waals surface area contributed by atoms with Crippen molar-refractivity contribution < 1.29 is 0 Å². The van der Waals surface area contributed by atoms with Gasteiger partial charge in [-0.25, -0.2) is 0 Å². The van der Waals surface area contributed by atoms with Gasteiger partial charge in [0.15, 0.2) is 0 Å². The van der Waals surface area contributed by atoms with E-state index in [9.17, 15) is 0 Å². The van der Waals surface area contributed by atoms with E-state index in [1.54, 1.807) is 11.3 Å². The van der Waals surface area contributed by atoms with Crippen LogP contribution < -0.4 is 5.32 Å². The number of nitrogens with one attached hydrogen (secondary N) is 1. The van der Waals surface area contributed by atoms with Crippen LogP contribution in [0.15, 0.2) is 10.5 Å². The molecule has 0 atom stereocenters. The molecule has 1 aromatic rings. The van der Waals surface area contributed by atoms with E-state index in [1.165, 1.54) is 11.3 Å². The highest BCUT2D eigenvalue weighted by atomic mass is 79.9. The van der Waals surface area contributed by atoms with E-state index < -0.39 is 0 Å². The van der Waals surface area contributed by atoms with E-state index in [0.717, 1.165) is 27.8 Å². The number of hydrogen-bond acceptors (Lipinski definition) is 2. The predicted molar refractivity (Wildman–Crippen MR) is 57.1 cm³/mol. The molecule has 0 unspecified atom stereocenters. The second-order valence-corrected chi connectivity index (χ2v) is 5.66. The summed E-state index contributed by atoms with van der Waals surface area (Å²) in [4.78, 5) is 1.39. The second-order valence-electron chi connectivity index (χ2n) is 3.06. The Labute approximate surface area is 89.2 Å². The lowest BCUT2D eigenvalue weighted by Crippen LogP contribution is -2.42. The van der Waals surface area contributed by atoms with Crippen LogP contribution in [0.1, 0.15) is 4.88 Å². The van der Waals surface area contributed by atoms with Crippen molar-refractivity contribution in [1.29, 1.82) is 0 Å². The molecule has 0 spiro atoms. The van der Waals surface area contributed by atoms with E-state index in [0.29, 0.717) is 0 Å². The molecule has 2 heterocycles. The van der Waals surface area contributed by atoms with Gasteiger partial charge in [0, 0.05) is 9.35 Å². The van der Waals surface area contributed by atoms with Crippen molar-refractivity contribution in [3.63, 3.8) is 0 Å². The molecule has 1 aromatic heterocycles. The minimum Gasteiger partial charge on any atom is -0.316 e. The smallest absolute Gasteiger partial charge is 0.107 e. The topological polar surface area (TPSA) is 12.0 Å². The molecule has 1 saturated heterocycles. The van der Waals surface area contributed by atoms with Crippen LogP contribution in [-0.2, 0) is 6.42 Å². The van der Waals surface area contributed by atoms with Crippen molar-refractivity contribution >= 4 is 38.9 Å². The minimum absolute atomic E-state index is 0.826. The molecule has 2 rings (SSSR count). The van der Waals surface area contributed by atoms with Gasteiger partial charge in [-0.1, -0.05) is 11.6 Å². The van der Waals surface area contributed by atoms with Gasteiger partial charge < -0.3 is 5.32 Å². The van der Waals surface area contributed by atoms with Crippen LogP contribution >= 0.6 is 38.9 Å². The Balaban J connectivity index is 2.02. The minimum atomic E-state index is 0.826. The number of halogens is 2. The number of hydrogen-bond donors (Lipinski definition) is 1. The monoisotopic (exact) mass is 265 g/mol. The fraction of sp³-hybridized carbons (Fsp3) is 0.500. The Hall–Kier alpha value is 0.430. The van der Waals surface area contributed by atoms with Crippen LogP contribution in [0.3, 0.4) is 0 Å². The zero-order chi connectivity index (χ0) is 8.55. The van der Waals surface area contributed by atoms with Gasteiger partial charge in [-0.3, -0.25) is 0 Å². The zero-order valence-electron chi connectivity index (χ0n) is 6.44. The Kier molecular flexibility index (Phi) is 2.75. The Morgan fingerprint density at radius 1 is 1.67 bits per heavy atom. The standard InChI is InChI=1S/C8H9BrClNS/c9-7-2-6(12-8(7)10)1-5-3-11-4-5/h2,5,11H,1,3-4H2. The largest absolute Gasteiger partial charge is 0.316 e. The summed E-state index contributed by atoms with van der Waals surface area (Å²) >= 11 is 11.0. The molecule has 1 aliphatic rings. The predicted octanol–water partition coefficient (Wildman–Crippen LogP) is 2.93. The Morgan fingerprint density at radius 2 is 2.42 bits per heavy atom. The molecule has 4 heteroatoms. The molecule has 0 bridgehead atoms. The fourth-order valence-corrected chi connectivity index (χ4v) is 3.17. The second kappa shape index (κ2) is 3.66. The molecule has 0 amide bonds. The molecule has 1 N–H and O–H groups in total. The lowest BCUT2D eigenvalue weighted by Gasteiger charge is -2.26. The average Bonchev–Trinajstić information content (AvgIpc) is 2.24. The zero-order valence-corrected chi connectivity index (χ0v) is 9.60. The van der Waals surface area contributed by atoms with Crippen molar-refractivity contribution in [1.82, 2.24) is 5.32 Å². The molecule has 0 aromatic carbocycles. The number of rotatable bonds is 2. The van der Waals surface area contributed by atoms with Crippen LogP contribution in [0.5, 0.6) is 0 Å². The molecule has 1 fully saturated rings. The molecule has 0 aliphatic carbocycles. The quantitative estimate of drug-likeness (QED) is 0.868. The van der Waals surface area contributed by atoms with E-state index in [4.69, 9.17) is 11.6 Å². The van der Waals surface area contributed by atoms with Crippen molar-refractivity contribution in [3.05, 3.63) is 19.8 Å². The molecule has 1 aliphatic heterocycles. The van der Waals surface area contributed by atoms with Gasteiger partial charge in [0.1, 0.15) is 4.34 Å². The third-order valence-electron chi connectivity index (χ3n) is 2.05. The average molecular weight is 267 g/mol. The summed E-state index contributed by atoms with van der Waals surface area (Å²) in [5.41, 5.74) is 0. The molecular weight excluding hydrogens is 258 g/mol. The van der Waals surface area contributed by atoms with Gasteiger partial charge in [-0.05, 0) is 47.4 Å². The summed E-state index contributed by atoms with van der Waals surface area (Å²) in [6.45, 7) is 2.32. The van der Waals surface area contributed by atoms with Gasteiger partial charge in [-0.2, -0.15) is 0 Å². The van der Waals surface area contributed by atoms with E-state index in [-0.39, 0.29) is 0 Å². The first-order valence-electron chi connectivity index (χ1n) is 3.90. The summed E-state index contributed by atoms with van der Waals surface area (Å²) in [6, 6.07) is 2.13. The summed E-state index contributed by atoms with van der Waals surface area (Å²) in [5.74, 6) is 0.826. The van der Waals surface area contributed by atoms with Gasteiger partial charge in [0.05, 0.1) is 0 Å². The van der Waals surface area contributed by atoms with Crippen LogP contribution in [0.4, 0.5) is 0 Å². The SMILES string of the molecule is Clc1sc(CC2CNC2)cc1Br. The molecule has 12 heavy (non-hydrogen) atoms. The lowest BCUT2D eigenvalue weighted by molar-refractivity contribution is 0.348. The van der Waals surface area contributed by atoms with E-state index >= 15 is 0 Å². The highest BCUT2D eigenvalue weighted by Gasteiger charge is 2.18. The van der Waals surface area contributed by atoms with Gasteiger partial charge >= 0.3 is 0 Å². The highest BCUT2D eigenvalue weighted by Crippen LogP contribution is 2.33. The summed E-state index contributed by atoms with van der Waals surface area (Å²) in [6.07, 6.45) is 1.17. The fourth-order valence-electron chi connectivity index (χ4n) is 1.27. The third-order valence-corrected chi connectivity index (χ3v) is 4.55. The van der Waals surface area contributed by atoms with Crippen LogP contribution in [0, 0.1) is 5.92 Å². The molecule has 0 radical (unpaired) electrons. The van der Waals surface area contributed by atoms with Gasteiger partial charge in [0.2, 0.25) is 0 Å². The van der Waals surface area contributed by atoms with Crippen LogP contribution in [-0.4, -0.2) is 13.1 Å². The van der Waals surface area contributed by atoms with Crippen LogP contribution in [0.25, 0.3) is 0 Å². The van der Waals surface area contributed by atoms with Crippen LogP contribution in [0.2, 0.25) is 4.34 Å². The van der Waals surface area contributed by atoms with Gasteiger partial charge in [-0.15, -0.1) is 11.3 Å². The summed E-state index contributed by atoms with van der Waals surface area (Å²) in [5, 5.41) is 3.26. The van der Waals surface area contributed by atoms with Crippen molar-refractivity contribution in [3.8, 4) is 0 Å². The summed E-state index contributed by atoms with van der Waals surface area (Å²) < 4.78 is 1.91. The normalized spacial score (nSPS) is 17.8. The molecular formula is C8H9BrClNS. The Morgan fingerprint density at radius 3 is 2.83 bits per heavy atom. The maximum absolute atomic E-state index is 5.93.